The zero-order valence-electron chi connectivity index (χ0n) is 17.3. The highest BCUT2D eigenvalue weighted by molar-refractivity contribution is 7.08. The van der Waals surface area contributed by atoms with E-state index in [1.165, 1.54) is 11.9 Å². The van der Waals surface area contributed by atoms with Gasteiger partial charge in [0, 0.05) is 25.7 Å². The van der Waals surface area contributed by atoms with Crippen LogP contribution >= 0.6 is 11.3 Å². The summed E-state index contributed by atoms with van der Waals surface area (Å²) in [5.41, 5.74) is 3.28. The lowest BCUT2D eigenvalue weighted by Gasteiger charge is -2.36. The van der Waals surface area contributed by atoms with Gasteiger partial charge in [0.15, 0.2) is 11.5 Å². The number of benzene rings is 1. The second kappa shape index (κ2) is 7.51. The van der Waals surface area contributed by atoms with Gasteiger partial charge in [-0.1, -0.05) is 12.1 Å². The number of anilines is 2. The van der Waals surface area contributed by atoms with Crippen molar-refractivity contribution >= 4 is 34.7 Å². The van der Waals surface area contributed by atoms with Crippen LogP contribution < -0.4 is 10.2 Å². The fourth-order valence-electron chi connectivity index (χ4n) is 3.89. The molecule has 3 aromatic rings. The quantitative estimate of drug-likeness (QED) is 0.641. The normalized spacial score (nSPS) is 18.3. The van der Waals surface area contributed by atoms with Crippen LogP contribution in [0.15, 0.2) is 41.1 Å². The number of carbonyl (C=O) groups excluding carboxylic acids is 2. The van der Waals surface area contributed by atoms with Crippen LogP contribution in [-0.4, -0.2) is 51.8 Å². The molecule has 2 aromatic heterocycles. The average Bonchev–Trinajstić information content (AvgIpc) is 3.32. The molecule has 0 bridgehead atoms. The number of thiophene rings is 1. The fraction of sp³-hybridized carbons (Fsp3) is 0.318. The third kappa shape index (κ3) is 3.49. The van der Waals surface area contributed by atoms with Gasteiger partial charge in [0.25, 0.3) is 5.91 Å². The van der Waals surface area contributed by atoms with Gasteiger partial charge in [-0.2, -0.15) is 11.3 Å². The summed E-state index contributed by atoms with van der Waals surface area (Å²) in [6.07, 6.45) is 0.890. The number of amides is 2. The van der Waals surface area contributed by atoms with E-state index in [2.05, 4.69) is 21.7 Å². The lowest BCUT2D eigenvalue weighted by molar-refractivity contribution is -0.116. The van der Waals surface area contributed by atoms with Crippen LogP contribution in [0.1, 0.15) is 35.1 Å². The van der Waals surface area contributed by atoms with Crippen molar-refractivity contribution in [1.29, 1.82) is 0 Å². The molecule has 1 unspecified atom stereocenters. The van der Waals surface area contributed by atoms with Crippen molar-refractivity contribution in [2.75, 3.05) is 24.3 Å². The molecule has 0 spiro atoms. The number of rotatable bonds is 5. The van der Waals surface area contributed by atoms with Crippen LogP contribution in [0.25, 0.3) is 11.1 Å². The maximum absolute atomic E-state index is 12.9. The molecule has 0 saturated heterocycles. The fourth-order valence-corrected chi connectivity index (χ4v) is 4.55. The molecule has 1 aliphatic carbocycles. The van der Waals surface area contributed by atoms with Gasteiger partial charge in [0.2, 0.25) is 12.3 Å². The Morgan fingerprint density at radius 1 is 1.16 bits per heavy atom. The first-order valence-electron chi connectivity index (χ1n) is 10.1. The van der Waals surface area contributed by atoms with Crippen molar-refractivity contribution in [2.45, 2.75) is 31.7 Å². The Balaban J connectivity index is 1.39. The highest BCUT2D eigenvalue weighted by atomic mass is 32.1. The summed E-state index contributed by atoms with van der Waals surface area (Å²) in [7, 11) is 3.23. The largest absolute Gasteiger partial charge is 0.356 e. The van der Waals surface area contributed by atoms with Gasteiger partial charge >= 0.3 is 0 Å². The van der Waals surface area contributed by atoms with Crippen molar-refractivity contribution in [3.8, 4) is 11.1 Å². The summed E-state index contributed by atoms with van der Waals surface area (Å²) < 4.78 is 1.71. The lowest BCUT2D eigenvalue weighted by atomic mass is 10.1. The average molecular weight is 438 g/mol. The Kier molecular flexibility index (Phi) is 4.79. The molecule has 2 aliphatic rings. The summed E-state index contributed by atoms with van der Waals surface area (Å²) in [4.78, 5) is 33.2. The van der Waals surface area contributed by atoms with Crippen LogP contribution in [0.5, 0.6) is 0 Å². The molecule has 1 atom stereocenters. The molecule has 31 heavy (non-hydrogen) atoms. The second-order valence-corrected chi connectivity index (χ2v) is 8.79. The van der Waals surface area contributed by atoms with E-state index in [-0.39, 0.29) is 24.3 Å². The number of hydrogen-bond acceptors (Lipinski definition) is 6. The van der Waals surface area contributed by atoms with Crippen molar-refractivity contribution in [3.05, 3.63) is 52.6 Å². The lowest BCUT2D eigenvalue weighted by Crippen LogP contribution is -2.52. The van der Waals surface area contributed by atoms with Crippen molar-refractivity contribution in [2.24, 2.45) is 0 Å². The number of aromatic nitrogens is 2. The molecular formula is C22H23N5O3S. The van der Waals surface area contributed by atoms with Crippen LogP contribution in [-0.2, 0) is 11.3 Å². The number of nitrogens with one attached hydrogen (secondary N) is 1. The van der Waals surface area contributed by atoms with E-state index in [0.29, 0.717) is 17.2 Å². The van der Waals surface area contributed by atoms with E-state index in [1.54, 1.807) is 27.9 Å². The third-order valence-corrected chi connectivity index (χ3v) is 6.48. The maximum atomic E-state index is 12.9. The molecule has 0 radical (unpaired) electrons. The topological polar surface area (TPSA) is 90.7 Å². The highest BCUT2D eigenvalue weighted by Gasteiger charge is 2.41. The van der Waals surface area contributed by atoms with Gasteiger partial charge in [-0.15, -0.1) is 0 Å². The summed E-state index contributed by atoms with van der Waals surface area (Å²) in [6, 6.07) is 9.75. The van der Waals surface area contributed by atoms with Gasteiger partial charge in [0.05, 0.1) is 0 Å². The Morgan fingerprint density at radius 3 is 2.55 bits per heavy atom. The van der Waals surface area contributed by atoms with E-state index in [0.717, 1.165) is 29.8 Å². The molecule has 1 aromatic carbocycles. The first-order chi connectivity index (χ1) is 14.9. The number of aliphatic hydroxyl groups is 1. The van der Waals surface area contributed by atoms with Crippen LogP contribution in [0, 0.1) is 0 Å². The number of carbonyl (C=O) groups is 2. The summed E-state index contributed by atoms with van der Waals surface area (Å²) in [5.74, 6) is 0.829. The third-order valence-electron chi connectivity index (χ3n) is 5.80. The maximum Gasteiger partial charge on any atom is 0.277 e. The molecule has 3 heterocycles. The molecule has 8 nitrogen and oxygen atoms in total. The molecule has 9 heteroatoms. The predicted octanol–water partition coefficient (Wildman–Crippen LogP) is 2.93. The first kappa shape index (κ1) is 19.8. The van der Waals surface area contributed by atoms with Gasteiger partial charge in [-0.3, -0.25) is 14.5 Å². The number of fused-ring (bicyclic) bond motifs is 1. The molecular weight excluding hydrogens is 414 g/mol. The second-order valence-electron chi connectivity index (χ2n) is 8.01. The SMILES string of the molecule is CN1C(=O)c2c(nc(C3CC3)n2CC(=O)Nc2ccc(-c3ccsc3)cc2)N(C)C1O. The van der Waals surface area contributed by atoms with E-state index >= 15 is 0 Å². The minimum atomic E-state index is -1.08. The number of nitrogens with zero attached hydrogens (tertiary/aromatic N) is 4. The number of hydrogen-bond donors (Lipinski definition) is 2. The van der Waals surface area contributed by atoms with Gasteiger partial charge < -0.3 is 19.9 Å². The minimum Gasteiger partial charge on any atom is -0.356 e. The van der Waals surface area contributed by atoms with Crippen molar-refractivity contribution in [3.63, 3.8) is 0 Å². The minimum absolute atomic E-state index is 0.00996. The predicted molar refractivity (Wildman–Crippen MR) is 119 cm³/mol. The van der Waals surface area contributed by atoms with Crippen LogP contribution in [0.4, 0.5) is 11.5 Å². The summed E-state index contributed by atoms with van der Waals surface area (Å²) in [6.45, 7) is -0.00996. The molecule has 2 amide bonds. The van der Waals surface area contributed by atoms with E-state index < -0.39 is 6.35 Å². The van der Waals surface area contributed by atoms with E-state index in [9.17, 15) is 14.7 Å². The highest BCUT2D eigenvalue weighted by Crippen LogP contribution is 2.42. The molecule has 2 N–H and O–H groups in total. The smallest absolute Gasteiger partial charge is 0.277 e. The van der Waals surface area contributed by atoms with Crippen molar-refractivity contribution in [1.82, 2.24) is 14.5 Å². The molecule has 1 saturated carbocycles. The van der Waals surface area contributed by atoms with Gasteiger partial charge in [-0.25, -0.2) is 4.98 Å². The Bertz CT molecular complexity index is 1130. The number of aliphatic hydroxyl groups excluding tert-OH is 1. The van der Waals surface area contributed by atoms with Crippen molar-refractivity contribution < 1.29 is 14.7 Å². The molecule has 5 rings (SSSR count). The Labute approximate surface area is 183 Å². The van der Waals surface area contributed by atoms with Crippen LogP contribution in [0.2, 0.25) is 0 Å². The molecule has 1 aliphatic heterocycles. The zero-order chi connectivity index (χ0) is 21.7. The molecule has 1 fully saturated rings. The Morgan fingerprint density at radius 2 is 1.90 bits per heavy atom. The van der Waals surface area contributed by atoms with E-state index in [1.807, 2.05) is 29.6 Å². The monoisotopic (exact) mass is 437 g/mol. The van der Waals surface area contributed by atoms with Crippen LogP contribution in [0.3, 0.4) is 0 Å². The number of imidazole rings is 1. The standard InChI is InChI=1S/C22H23N5O3S/c1-25-20-18(21(29)26(2)22(25)30)27(19(24-20)14-3-4-14)11-17(28)23-16-7-5-13(6-8-16)15-9-10-31-12-15/h5-10,12,14,22,30H,3-4,11H2,1-2H3,(H,23,28). The van der Waals surface area contributed by atoms with Gasteiger partial charge in [-0.05, 0) is 52.9 Å². The first-order valence-corrected chi connectivity index (χ1v) is 11.1. The summed E-state index contributed by atoms with van der Waals surface area (Å²) in [5, 5.41) is 17.3. The summed E-state index contributed by atoms with van der Waals surface area (Å²) >= 11 is 1.64. The molecule has 160 valence electrons. The van der Waals surface area contributed by atoms with Gasteiger partial charge in [0.1, 0.15) is 12.4 Å². The zero-order valence-corrected chi connectivity index (χ0v) is 18.1. The Hall–Kier alpha value is -3.17. The van der Waals surface area contributed by atoms with E-state index in [4.69, 9.17) is 0 Å².